The van der Waals surface area contributed by atoms with E-state index < -0.39 is 0 Å². The molecule has 0 bridgehead atoms. The smallest absolute Gasteiger partial charge is 0.407 e. The Kier molecular flexibility index (Phi) is 2.18. The van der Waals surface area contributed by atoms with Crippen LogP contribution >= 0.6 is 15.9 Å². The van der Waals surface area contributed by atoms with Crippen LogP contribution in [0.3, 0.4) is 0 Å². The van der Waals surface area contributed by atoms with E-state index in [1.807, 2.05) is 12.1 Å². The molecule has 2 heterocycles. The van der Waals surface area contributed by atoms with Crippen molar-refractivity contribution in [3.63, 3.8) is 0 Å². The molecule has 68 valence electrons. The SMILES string of the molecule is O=C1N[C@H](c2ccc(Br)nc2)CO1. The molecule has 1 aromatic heterocycles. The highest BCUT2D eigenvalue weighted by atomic mass is 79.9. The van der Waals surface area contributed by atoms with Gasteiger partial charge >= 0.3 is 6.09 Å². The Bertz CT molecular complexity index is 325. The van der Waals surface area contributed by atoms with Gasteiger partial charge in [0.1, 0.15) is 11.2 Å². The number of cyclic esters (lactones) is 1. The van der Waals surface area contributed by atoms with Crippen molar-refractivity contribution >= 4 is 22.0 Å². The maximum Gasteiger partial charge on any atom is 0.407 e. The minimum absolute atomic E-state index is 0.0619. The number of nitrogens with zero attached hydrogens (tertiary/aromatic N) is 1. The lowest BCUT2D eigenvalue weighted by Gasteiger charge is -2.05. The van der Waals surface area contributed by atoms with Gasteiger partial charge in [0.15, 0.2) is 0 Å². The first kappa shape index (κ1) is 8.50. The molecule has 1 N–H and O–H groups in total. The van der Waals surface area contributed by atoms with Gasteiger partial charge in [0.05, 0.1) is 6.04 Å². The average Bonchev–Trinajstić information content (AvgIpc) is 2.53. The van der Waals surface area contributed by atoms with Crippen LogP contribution in [0.4, 0.5) is 4.79 Å². The number of carbonyl (C=O) groups is 1. The number of aromatic nitrogens is 1. The second kappa shape index (κ2) is 3.33. The van der Waals surface area contributed by atoms with Crippen molar-refractivity contribution in [3.05, 3.63) is 28.5 Å². The Hall–Kier alpha value is -1.10. The summed E-state index contributed by atoms with van der Waals surface area (Å²) < 4.78 is 5.54. The van der Waals surface area contributed by atoms with Crippen molar-refractivity contribution < 1.29 is 9.53 Å². The number of rotatable bonds is 1. The van der Waals surface area contributed by atoms with Crippen LogP contribution in [0, 0.1) is 0 Å². The fourth-order valence-corrected chi connectivity index (χ4v) is 1.39. The monoisotopic (exact) mass is 242 g/mol. The Balaban J connectivity index is 2.17. The molecule has 0 radical (unpaired) electrons. The summed E-state index contributed by atoms with van der Waals surface area (Å²) in [4.78, 5) is 14.8. The molecule has 1 fully saturated rings. The first-order valence-electron chi connectivity index (χ1n) is 3.80. The Morgan fingerprint density at radius 1 is 1.62 bits per heavy atom. The number of amides is 1. The quantitative estimate of drug-likeness (QED) is 0.762. The molecule has 1 aromatic rings. The Morgan fingerprint density at radius 2 is 2.46 bits per heavy atom. The van der Waals surface area contributed by atoms with Crippen LogP contribution < -0.4 is 5.32 Å². The average molecular weight is 243 g/mol. The topological polar surface area (TPSA) is 51.2 Å². The molecule has 0 aromatic carbocycles. The molecule has 0 aliphatic carbocycles. The molecule has 5 heteroatoms. The third-order valence-corrected chi connectivity index (χ3v) is 2.29. The van der Waals surface area contributed by atoms with Crippen LogP contribution in [0.1, 0.15) is 11.6 Å². The van der Waals surface area contributed by atoms with Crippen molar-refractivity contribution in [1.29, 1.82) is 0 Å². The van der Waals surface area contributed by atoms with Gasteiger partial charge in [0.2, 0.25) is 0 Å². The molecule has 1 aliphatic heterocycles. The zero-order valence-electron chi connectivity index (χ0n) is 6.66. The first-order valence-corrected chi connectivity index (χ1v) is 4.60. The van der Waals surface area contributed by atoms with Gasteiger partial charge in [-0.25, -0.2) is 9.78 Å². The molecule has 1 amide bonds. The van der Waals surface area contributed by atoms with E-state index in [0.717, 1.165) is 10.2 Å². The summed E-state index contributed by atoms with van der Waals surface area (Å²) in [6.45, 7) is 0.377. The molecule has 1 aliphatic rings. The van der Waals surface area contributed by atoms with E-state index in [0.29, 0.717) is 6.61 Å². The second-order valence-electron chi connectivity index (χ2n) is 2.71. The number of hydrogen-bond donors (Lipinski definition) is 1. The molecule has 4 nitrogen and oxygen atoms in total. The standard InChI is InChI=1S/C8H7BrN2O2/c9-7-2-1-5(3-10-7)6-4-13-8(12)11-6/h1-3,6H,4H2,(H,11,12)/t6-/m0/s1. The van der Waals surface area contributed by atoms with Crippen molar-refractivity contribution in [3.8, 4) is 0 Å². The molecule has 13 heavy (non-hydrogen) atoms. The number of halogens is 1. The van der Waals surface area contributed by atoms with E-state index in [9.17, 15) is 4.79 Å². The molecule has 1 atom stereocenters. The molecule has 0 saturated carbocycles. The highest BCUT2D eigenvalue weighted by Crippen LogP contribution is 2.18. The van der Waals surface area contributed by atoms with Gasteiger partial charge in [-0.1, -0.05) is 6.07 Å². The number of carbonyl (C=O) groups excluding carboxylic acids is 1. The molecule has 2 rings (SSSR count). The highest BCUT2D eigenvalue weighted by Gasteiger charge is 2.23. The predicted molar refractivity (Wildman–Crippen MR) is 49.2 cm³/mol. The van der Waals surface area contributed by atoms with Gasteiger partial charge < -0.3 is 10.1 Å². The van der Waals surface area contributed by atoms with Gasteiger partial charge in [0, 0.05) is 6.20 Å². The fraction of sp³-hybridized carbons (Fsp3) is 0.250. The van der Waals surface area contributed by atoms with Crippen LogP contribution in [-0.4, -0.2) is 17.7 Å². The summed E-state index contributed by atoms with van der Waals surface area (Å²) in [6.07, 6.45) is 1.34. The molecular formula is C8H7BrN2O2. The van der Waals surface area contributed by atoms with Crippen LogP contribution in [0.15, 0.2) is 22.9 Å². The molecule has 0 unspecified atom stereocenters. The number of alkyl carbamates (subject to hydrolysis) is 1. The minimum atomic E-state index is -0.368. The van der Waals surface area contributed by atoms with E-state index in [4.69, 9.17) is 4.74 Å². The Labute approximate surface area is 83.4 Å². The second-order valence-corrected chi connectivity index (χ2v) is 3.52. The first-order chi connectivity index (χ1) is 6.25. The lowest BCUT2D eigenvalue weighted by atomic mass is 10.1. The summed E-state index contributed by atoms with van der Waals surface area (Å²) in [7, 11) is 0. The van der Waals surface area contributed by atoms with E-state index >= 15 is 0 Å². The van der Waals surface area contributed by atoms with Crippen molar-refractivity contribution in [2.24, 2.45) is 0 Å². The summed E-state index contributed by atoms with van der Waals surface area (Å²) >= 11 is 3.24. The maximum absolute atomic E-state index is 10.7. The minimum Gasteiger partial charge on any atom is -0.447 e. The van der Waals surface area contributed by atoms with Crippen molar-refractivity contribution in [2.45, 2.75) is 6.04 Å². The van der Waals surface area contributed by atoms with Gasteiger partial charge in [-0.2, -0.15) is 0 Å². The maximum atomic E-state index is 10.7. The van der Waals surface area contributed by atoms with E-state index in [2.05, 4.69) is 26.2 Å². The number of pyridine rings is 1. The van der Waals surface area contributed by atoms with Crippen LogP contribution in [0.25, 0.3) is 0 Å². The van der Waals surface area contributed by atoms with Crippen molar-refractivity contribution in [1.82, 2.24) is 10.3 Å². The normalized spacial score (nSPS) is 21.0. The predicted octanol–water partition coefficient (Wildman–Crippen LogP) is 1.62. The Morgan fingerprint density at radius 3 is 3.00 bits per heavy atom. The van der Waals surface area contributed by atoms with E-state index in [1.165, 1.54) is 0 Å². The lowest BCUT2D eigenvalue weighted by Crippen LogP contribution is -2.18. The van der Waals surface area contributed by atoms with E-state index in [1.54, 1.807) is 6.20 Å². The highest BCUT2D eigenvalue weighted by molar-refractivity contribution is 9.10. The lowest BCUT2D eigenvalue weighted by molar-refractivity contribution is 0.177. The van der Waals surface area contributed by atoms with Crippen LogP contribution in [0.2, 0.25) is 0 Å². The third kappa shape index (κ3) is 1.80. The number of nitrogens with one attached hydrogen (secondary N) is 1. The van der Waals surface area contributed by atoms with Gasteiger partial charge in [-0.3, -0.25) is 0 Å². The summed E-state index contributed by atoms with van der Waals surface area (Å²) in [6, 6.07) is 3.67. The molecule has 0 spiro atoms. The van der Waals surface area contributed by atoms with Gasteiger partial charge in [-0.15, -0.1) is 0 Å². The summed E-state index contributed by atoms with van der Waals surface area (Å²) in [5.74, 6) is 0. The van der Waals surface area contributed by atoms with Gasteiger partial charge in [-0.05, 0) is 27.6 Å². The largest absolute Gasteiger partial charge is 0.447 e. The zero-order chi connectivity index (χ0) is 9.26. The van der Waals surface area contributed by atoms with E-state index in [-0.39, 0.29) is 12.1 Å². The summed E-state index contributed by atoms with van der Waals surface area (Å²) in [5.41, 5.74) is 0.953. The fourth-order valence-electron chi connectivity index (χ4n) is 1.16. The third-order valence-electron chi connectivity index (χ3n) is 1.83. The number of hydrogen-bond acceptors (Lipinski definition) is 3. The summed E-state index contributed by atoms with van der Waals surface area (Å²) in [5, 5.41) is 2.67. The molecular weight excluding hydrogens is 236 g/mol. The van der Waals surface area contributed by atoms with Crippen LogP contribution in [0.5, 0.6) is 0 Å². The van der Waals surface area contributed by atoms with Gasteiger partial charge in [0.25, 0.3) is 0 Å². The van der Waals surface area contributed by atoms with Crippen LogP contribution in [-0.2, 0) is 4.74 Å². The molecule has 1 saturated heterocycles. The van der Waals surface area contributed by atoms with Crippen molar-refractivity contribution in [2.75, 3.05) is 6.61 Å². The zero-order valence-corrected chi connectivity index (χ0v) is 8.24. The number of ether oxygens (including phenoxy) is 1.